The van der Waals surface area contributed by atoms with Gasteiger partial charge in [0.25, 0.3) is 0 Å². The average Bonchev–Trinajstić information content (AvgIpc) is 2.79. The summed E-state index contributed by atoms with van der Waals surface area (Å²) in [7, 11) is 0. The van der Waals surface area contributed by atoms with E-state index in [1.807, 2.05) is 13.0 Å². The molecule has 2 aliphatic rings. The Balaban J connectivity index is 1.84. The van der Waals surface area contributed by atoms with E-state index in [-0.39, 0.29) is 11.2 Å². The van der Waals surface area contributed by atoms with Crippen molar-refractivity contribution in [3.63, 3.8) is 0 Å². The molecule has 0 radical (unpaired) electrons. The van der Waals surface area contributed by atoms with Gasteiger partial charge in [-0.05, 0) is 56.0 Å². The fraction of sp³-hybridized carbons (Fsp3) is 0.526. The van der Waals surface area contributed by atoms with Gasteiger partial charge in [0.15, 0.2) is 0 Å². The van der Waals surface area contributed by atoms with Crippen LogP contribution in [0.3, 0.4) is 0 Å². The van der Waals surface area contributed by atoms with Gasteiger partial charge >= 0.3 is 5.63 Å². The van der Waals surface area contributed by atoms with Crippen molar-refractivity contribution >= 4 is 11.0 Å². The lowest BCUT2D eigenvalue weighted by molar-refractivity contribution is 0.0466. The molecule has 2 unspecified atom stereocenters. The lowest BCUT2D eigenvalue weighted by Gasteiger charge is -2.35. The van der Waals surface area contributed by atoms with Gasteiger partial charge in [-0.15, -0.1) is 0 Å². The van der Waals surface area contributed by atoms with Crippen LogP contribution in [0.1, 0.15) is 37.3 Å². The highest BCUT2D eigenvalue weighted by Gasteiger charge is 2.43. The van der Waals surface area contributed by atoms with Gasteiger partial charge in [0.1, 0.15) is 16.9 Å². The molecule has 4 nitrogen and oxygen atoms in total. The van der Waals surface area contributed by atoms with Gasteiger partial charge in [-0.1, -0.05) is 6.92 Å². The zero-order valence-electron chi connectivity index (χ0n) is 13.9. The van der Waals surface area contributed by atoms with Crippen molar-refractivity contribution in [1.82, 2.24) is 4.90 Å². The third kappa shape index (κ3) is 2.55. The van der Waals surface area contributed by atoms with Gasteiger partial charge in [-0.2, -0.15) is 0 Å². The second-order valence-corrected chi connectivity index (χ2v) is 7.00. The Kier molecular flexibility index (Phi) is 3.45. The molecule has 2 atom stereocenters. The van der Waals surface area contributed by atoms with E-state index >= 15 is 0 Å². The molecule has 0 N–H and O–H groups in total. The maximum absolute atomic E-state index is 11.8. The van der Waals surface area contributed by atoms with Crippen LogP contribution in [0.25, 0.3) is 11.0 Å². The summed E-state index contributed by atoms with van der Waals surface area (Å²) < 4.78 is 12.1. The highest BCUT2D eigenvalue weighted by Crippen LogP contribution is 2.39. The predicted molar refractivity (Wildman–Crippen MR) is 90.2 cm³/mol. The van der Waals surface area contributed by atoms with Crippen molar-refractivity contribution in [3.8, 4) is 5.75 Å². The predicted octanol–water partition coefficient (Wildman–Crippen LogP) is 3.28. The van der Waals surface area contributed by atoms with E-state index in [0.717, 1.165) is 54.6 Å². The largest absolute Gasteiger partial charge is 0.485 e. The molecule has 2 aliphatic heterocycles. The van der Waals surface area contributed by atoms with Crippen LogP contribution < -0.4 is 10.4 Å². The normalized spacial score (nSPS) is 26.6. The number of rotatable bonds is 3. The summed E-state index contributed by atoms with van der Waals surface area (Å²) in [5.41, 5.74) is 2.36. The van der Waals surface area contributed by atoms with Gasteiger partial charge in [0, 0.05) is 25.6 Å². The third-order valence-electron chi connectivity index (χ3n) is 5.24. The van der Waals surface area contributed by atoms with E-state index in [1.165, 1.54) is 13.0 Å². The Bertz CT molecular complexity index is 806. The minimum Gasteiger partial charge on any atom is -0.485 e. The molecular formula is C19H23NO3. The van der Waals surface area contributed by atoms with Crippen molar-refractivity contribution in [2.45, 2.75) is 45.1 Å². The van der Waals surface area contributed by atoms with Gasteiger partial charge in [-0.25, -0.2) is 4.79 Å². The number of ether oxygens (including phenoxy) is 1. The molecule has 122 valence electrons. The fourth-order valence-electron chi connectivity index (χ4n) is 4.14. The second-order valence-electron chi connectivity index (χ2n) is 7.00. The van der Waals surface area contributed by atoms with Crippen LogP contribution >= 0.6 is 0 Å². The third-order valence-corrected chi connectivity index (χ3v) is 5.24. The lowest BCUT2D eigenvalue weighted by Crippen LogP contribution is -2.43. The van der Waals surface area contributed by atoms with Crippen LogP contribution in [0.2, 0.25) is 0 Å². The summed E-state index contributed by atoms with van der Waals surface area (Å²) in [5, 5.41) is 0.969. The van der Waals surface area contributed by atoms with Crippen LogP contribution in [-0.2, 0) is 6.42 Å². The average molecular weight is 313 g/mol. The first kappa shape index (κ1) is 14.8. The van der Waals surface area contributed by atoms with Crippen molar-refractivity contribution in [2.24, 2.45) is 0 Å². The standard InChI is InChI=1S/C19H23NO3/c1-3-14-11-17(21)22-15-9-13(2)10-16(18(14)15)23-19-5-4-7-20(12-19)8-6-19/h9-11H,3-8,12H2,1-2H3. The molecule has 4 rings (SSSR count). The molecule has 0 saturated carbocycles. The smallest absolute Gasteiger partial charge is 0.336 e. The molecule has 3 heterocycles. The summed E-state index contributed by atoms with van der Waals surface area (Å²) in [6.07, 6.45) is 4.18. The summed E-state index contributed by atoms with van der Waals surface area (Å²) in [6, 6.07) is 5.62. The maximum atomic E-state index is 11.8. The van der Waals surface area contributed by atoms with Crippen LogP contribution in [0, 0.1) is 6.92 Å². The van der Waals surface area contributed by atoms with E-state index in [9.17, 15) is 4.79 Å². The number of benzene rings is 1. The monoisotopic (exact) mass is 313 g/mol. The molecule has 2 bridgehead atoms. The van der Waals surface area contributed by atoms with Gasteiger partial charge in [-0.3, -0.25) is 4.90 Å². The van der Waals surface area contributed by atoms with Gasteiger partial charge in [0.2, 0.25) is 0 Å². The molecule has 2 fully saturated rings. The topological polar surface area (TPSA) is 42.7 Å². The first-order valence-corrected chi connectivity index (χ1v) is 8.57. The molecule has 23 heavy (non-hydrogen) atoms. The number of nitrogens with zero attached hydrogens (tertiary/aromatic N) is 1. The van der Waals surface area contributed by atoms with E-state index in [0.29, 0.717) is 5.58 Å². The maximum Gasteiger partial charge on any atom is 0.336 e. The second kappa shape index (κ2) is 5.38. The Labute approximate surface area is 136 Å². The van der Waals surface area contributed by atoms with Crippen molar-refractivity contribution in [2.75, 3.05) is 19.6 Å². The number of aryl methyl sites for hydroxylation is 2. The lowest BCUT2D eigenvalue weighted by atomic mass is 9.94. The summed E-state index contributed by atoms with van der Waals surface area (Å²) >= 11 is 0. The number of hydrogen-bond donors (Lipinski definition) is 0. The number of fused-ring (bicyclic) bond motifs is 3. The first-order chi connectivity index (χ1) is 11.1. The van der Waals surface area contributed by atoms with Gasteiger partial charge in [0.05, 0.1) is 5.39 Å². The van der Waals surface area contributed by atoms with E-state index in [2.05, 4.69) is 17.9 Å². The quantitative estimate of drug-likeness (QED) is 0.816. The Morgan fingerprint density at radius 3 is 2.96 bits per heavy atom. The molecule has 0 spiro atoms. The molecule has 1 aromatic carbocycles. The Morgan fingerprint density at radius 1 is 1.26 bits per heavy atom. The molecule has 1 aromatic heterocycles. The van der Waals surface area contributed by atoms with Crippen LogP contribution in [-0.4, -0.2) is 30.1 Å². The van der Waals surface area contributed by atoms with Gasteiger partial charge < -0.3 is 9.15 Å². The molecular weight excluding hydrogens is 290 g/mol. The zero-order chi connectivity index (χ0) is 16.0. The summed E-state index contributed by atoms with van der Waals surface area (Å²) in [6.45, 7) is 7.41. The Hall–Kier alpha value is -1.81. The van der Waals surface area contributed by atoms with Crippen molar-refractivity contribution in [1.29, 1.82) is 0 Å². The Morgan fingerprint density at radius 2 is 2.13 bits per heavy atom. The highest BCUT2D eigenvalue weighted by atomic mass is 16.5. The zero-order valence-corrected chi connectivity index (χ0v) is 13.9. The minimum atomic E-state index is -0.284. The molecule has 0 aliphatic carbocycles. The number of piperidine rings is 1. The highest BCUT2D eigenvalue weighted by molar-refractivity contribution is 5.87. The van der Waals surface area contributed by atoms with E-state index in [1.54, 1.807) is 6.07 Å². The van der Waals surface area contributed by atoms with Crippen molar-refractivity contribution in [3.05, 3.63) is 39.7 Å². The minimum absolute atomic E-state index is 0.0693. The molecule has 4 heteroatoms. The SMILES string of the molecule is CCc1cc(=O)oc2cc(C)cc(OC34CCCN(CC3)C4)c12. The van der Waals surface area contributed by atoms with Crippen LogP contribution in [0.5, 0.6) is 5.75 Å². The van der Waals surface area contributed by atoms with E-state index < -0.39 is 0 Å². The molecule has 2 aromatic rings. The van der Waals surface area contributed by atoms with Crippen LogP contribution in [0.4, 0.5) is 0 Å². The molecule has 2 saturated heterocycles. The summed E-state index contributed by atoms with van der Waals surface area (Å²) in [4.78, 5) is 14.3. The van der Waals surface area contributed by atoms with Crippen molar-refractivity contribution < 1.29 is 9.15 Å². The van der Waals surface area contributed by atoms with Crippen LogP contribution in [0.15, 0.2) is 27.4 Å². The fourth-order valence-corrected chi connectivity index (χ4v) is 4.14. The molecule has 0 amide bonds. The summed E-state index contributed by atoms with van der Waals surface area (Å²) in [5.74, 6) is 0.879. The number of hydrogen-bond acceptors (Lipinski definition) is 4. The first-order valence-electron chi connectivity index (χ1n) is 8.57. The van der Waals surface area contributed by atoms with E-state index in [4.69, 9.17) is 9.15 Å².